The Morgan fingerprint density at radius 3 is 2.28 bits per heavy atom. The van der Waals surface area contributed by atoms with Gasteiger partial charge in [0.1, 0.15) is 11.5 Å². The second-order valence-electron chi connectivity index (χ2n) is 10.6. The van der Waals surface area contributed by atoms with Crippen molar-refractivity contribution in [3.63, 3.8) is 0 Å². The Morgan fingerprint density at radius 1 is 0.974 bits per heavy atom. The molecule has 0 radical (unpaired) electrons. The first-order valence-electron chi connectivity index (χ1n) is 14.1. The van der Waals surface area contributed by atoms with Crippen molar-refractivity contribution in [1.82, 2.24) is 29.7 Å². The summed E-state index contributed by atoms with van der Waals surface area (Å²) in [6.07, 6.45) is 11.9. The van der Waals surface area contributed by atoms with E-state index in [1.165, 1.54) is 32.9 Å². The number of carbonyl (C=O) groups is 2. The number of aromatic nitrogens is 4. The van der Waals surface area contributed by atoms with Crippen molar-refractivity contribution in [2.45, 2.75) is 71.3 Å². The lowest BCUT2D eigenvalue weighted by atomic mass is 10.0. The largest absolute Gasteiger partial charge is 0.339 e. The van der Waals surface area contributed by atoms with E-state index in [2.05, 4.69) is 25.6 Å². The van der Waals surface area contributed by atoms with Gasteiger partial charge in [0.05, 0.1) is 11.1 Å². The topological polar surface area (TPSA) is 122 Å². The van der Waals surface area contributed by atoms with Crippen molar-refractivity contribution in [3.05, 3.63) is 51.6 Å². The second-order valence-corrected chi connectivity index (χ2v) is 10.6. The van der Waals surface area contributed by atoms with Crippen molar-refractivity contribution >= 4 is 34.5 Å². The molecule has 5 heterocycles. The van der Waals surface area contributed by atoms with Gasteiger partial charge in [-0.3, -0.25) is 19.0 Å². The highest BCUT2D eigenvalue weighted by molar-refractivity contribution is 5.99. The van der Waals surface area contributed by atoms with Crippen LogP contribution in [0, 0.1) is 6.92 Å². The molecular weight excluding hydrogens is 494 g/mol. The summed E-state index contributed by atoms with van der Waals surface area (Å²) in [4.78, 5) is 53.4. The van der Waals surface area contributed by atoms with E-state index < -0.39 is 0 Å². The summed E-state index contributed by atoms with van der Waals surface area (Å²) in [5.41, 5.74) is 1.61. The highest BCUT2D eigenvalue weighted by atomic mass is 16.2. The lowest BCUT2D eigenvalue weighted by Crippen LogP contribution is -2.30. The number of fused-ring (bicyclic) bond motifs is 1. The van der Waals surface area contributed by atoms with Crippen LogP contribution in [0.4, 0.5) is 11.8 Å². The van der Waals surface area contributed by atoms with E-state index >= 15 is 0 Å². The highest BCUT2D eigenvalue weighted by Gasteiger charge is 2.26. The number of rotatable bonds is 5. The summed E-state index contributed by atoms with van der Waals surface area (Å²) in [7, 11) is 0. The molecular formula is C29H37N7O3. The van der Waals surface area contributed by atoms with Crippen LogP contribution in [0.25, 0.3) is 11.0 Å². The maximum atomic E-state index is 13.3. The van der Waals surface area contributed by atoms with Gasteiger partial charge in [-0.05, 0) is 83.2 Å². The lowest BCUT2D eigenvalue weighted by molar-refractivity contribution is 0.0792. The Morgan fingerprint density at radius 2 is 1.69 bits per heavy atom. The average Bonchev–Trinajstić information content (AvgIpc) is 3.74. The number of pyridine rings is 2. The molecule has 10 nitrogen and oxygen atoms in total. The Bertz CT molecular complexity index is 1390. The molecule has 0 aromatic carbocycles. The third-order valence-electron chi connectivity index (χ3n) is 7.85. The number of aryl methyl sites for hydroxylation is 1. The van der Waals surface area contributed by atoms with Crippen LogP contribution in [0.2, 0.25) is 0 Å². The third kappa shape index (κ3) is 5.85. The first kappa shape index (κ1) is 26.9. The van der Waals surface area contributed by atoms with Gasteiger partial charge in [-0.2, -0.15) is 4.98 Å². The standard InChI is InChI=1S/C25H28N6O3.C4H9N/c1-15-19-14-27-25(28-20-10-9-17(13-26-20)23(33)30-11-5-6-12-30)29-22(19)31(18-7-3-4-8-18)24(34)21(15)16(2)32;1-2-4-5-3-1/h9-10,13-14,18H,3-8,11-12H2,1-2H3,(H,26,27,28,29);5H,1-4H2. The van der Waals surface area contributed by atoms with Gasteiger partial charge in [-0.15, -0.1) is 0 Å². The molecule has 1 amide bonds. The van der Waals surface area contributed by atoms with E-state index in [9.17, 15) is 14.4 Å². The molecule has 3 aliphatic rings. The zero-order chi connectivity index (χ0) is 27.4. The normalized spacial score (nSPS) is 17.3. The molecule has 2 aliphatic heterocycles. The number of nitrogens with one attached hydrogen (secondary N) is 2. The van der Waals surface area contributed by atoms with Gasteiger partial charge >= 0.3 is 0 Å². The molecule has 206 valence electrons. The van der Waals surface area contributed by atoms with Gasteiger partial charge in [0, 0.05) is 36.9 Å². The van der Waals surface area contributed by atoms with Gasteiger partial charge in [0.25, 0.3) is 11.5 Å². The van der Waals surface area contributed by atoms with E-state index in [-0.39, 0.29) is 28.9 Å². The minimum Gasteiger partial charge on any atom is -0.339 e. The van der Waals surface area contributed by atoms with E-state index in [1.54, 1.807) is 36.0 Å². The van der Waals surface area contributed by atoms with Crippen molar-refractivity contribution in [3.8, 4) is 0 Å². The van der Waals surface area contributed by atoms with Crippen molar-refractivity contribution in [2.24, 2.45) is 0 Å². The summed E-state index contributed by atoms with van der Waals surface area (Å²) < 4.78 is 1.68. The molecule has 6 rings (SSSR count). The molecule has 0 spiro atoms. The summed E-state index contributed by atoms with van der Waals surface area (Å²) in [6.45, 7) is 7.27. The fourth-order valence-electron chi connectivity index (χ4n) is 5.75. The Kier molecular flexibility index (Phi) is 8.30. The van der Waals surface area contributed by atoms with Gasteiger partial charge in [-0.1, -0.05) is 12.8 Å². The molecule has 2 N–H and O–H groups in total. The van der Waals surface area contributed by atoms with Crippen LogP contribution in [0.1, 0.15) is 90.6 Å². The highest BCUT2D eigenvalue weighted by Crippen LogP contribution is 2.32. The van der Waals surface area contributed by atoms with Gasteiger partial charge < -0.3 is 15.5 Å². The SMILES string of the molecule is C1CCNC1.CC(=O)c1c(C)c2cnc(Nc3ccc(C(=O)N4CCCC4)cn3)nc2n(C2CCCC2)c1=O. The third-order valence-corrected chi connectivity index (χ3v) is 7.85. The maximum Gasteiger partial charge on any atom is 0.263 e. The molecule has 3 aromatic rings. The average molecular weight is 532 g/mol. The summed E-state index contributed by atoms with van der Waals surface area (Å²) in [6, 6.07) is 3.49. The van der Waals surface area contributed by atoms with Gasteiger partial charge in [-0.25, -0.2) is 9.97 Å². The number of anilines is 2. The quantitative estimate of drug-likeness (QED) is 0.471. The van der Waals surface area contributed by atoms with Crippen molar-refractivity contribution in [1.29, 1.82) is 0 Å². The molecule has 0 atom stereocenters. The minimum absolute atomic E-state index is 0.00386. The van der Waals surface area contributed by atoms with Crippen LogP contribution in [0.15, 0.2) is 29.3 Å². The number of carbonyl (C=O) groups excluding carboxylic acids is 2. The zero-order valence-corrected chi connectivity index (χ0v) is 22.8. The number of amides is 1. The lowest BCUT2D eigenvalue weighted by Gasteiger charge is -2.19. The first-order chi connectivity index (χ1) is 18.9. The number of ketones is 1. The molecule has 2 saturated heterocycles. The van der Waals surface area contributed by atoms with Gasteiger partial charge in [0.2, 0.25) is 5.95 Å². The molecule has 0 unspecified atom stereocenters. The molecule has 10 heteroatoms. The van der Waals surface area contributed by atoms with Gasteiger partial charge in [0.15, 0.2) is 5.78 Å². The van der Waals surface area contributed by atoms with Crippen LogP contribution < -0.4 is 16.2 Å². The molecule has 1 saturated carbocycles. The Balaban J connectivity index is 0.000000555. The van der Waals surface area contributed by atoms with E-state index in [0.29, 0.717) is 33.9 Å². The van der Waals surface area contributed by atoms with E-state index in [1.807, 2.05) is 4.90 Å². The van der Waals surface area contributed by atoms with Crippen molar-refractivity contribution in [2.75, 3.05) is 31.5 Å². The predicted molar refractivity (Wildman–Crippen MR) is 151 cm³/mol. The number of nitrogens with zero attached hydrogens (tertiary/aromatic N) is 5. The van der Waals surface area contributed by atoms with Crippen LogP contribution in [0.5, 0.6) is 0 Å². The fourth-order valence-corrected chi connectivity index (χ4v) is 5.75. The maximum absolute atomic E-state index is 13.3. The van der Waals surface area contributed by atoms with E-state index in [0.717, 1.165) is 51.6 Å². The molecule has 0 bridgehead atoms. The number of hydrogen-bond acceptors (Lipinski definition) is 8. The number of likely N-dealkylation sites (tertiary alicyclic amines) is 1. The number of Topliss-reactive ketones (excluding diaryl/α,β-unsaturated/α-hetero) is 1. The molecule has 3 aromatic heterocycles. The Hall–Kier alpha value is -3.66. The number of hydrogen-bond donors (Lipinski definition) is 2. The van der Waals surface area contributed by atoms with Crippen LogP contribution in [0.3, 0.4) is 0 Å². The summed E-state index contributed by atoms with van der Waals surface area (Å²) in [5.74, 6) is 0.561. The van der Waals surface area contributed by atoms with Crippen molar-refractivity contribution < 1.29 is 9.59 Å². The summed E-state index contributed by atoms with van der Waals surface area (Å²) >= 11 is 0. The van der Waals surface area contributed by atoms with Crippen LogP contribution >= 0.6 is 0 Å². The fraction of sp³-hybridized carbons (Fsp3) is 0.517. The van der Waals surface area contributed by atoms with Crippen LogP contribution in [-0.4, -0.2) is 62.3 Å². The first-order valence-corrected chi connectivity index (χ1v) is 14.1. The molecule has 3 fully saturated rings. The summed E-state index contributed by atoms with van der Waals surface area (Å²) in [5, 5.41) is 7.00. The Labute approximate surface area is 228 Å². The second kappa shape index (κ2) is 12.0. The van der Waals surface area contributed by atoms with Crippen LogP contribution in [-0.2, 0) is 0 Å². The monoisotopic (exact) mass is 531 g/mol. The predicted octanol–water partition coefficient (Wildman–Crippen LogP) is 4.16. The smallest absolute Gasteiger partial charge is 0.263 e. The zero-order valence-electron chi connectivity index (χ0n) is 22.8. The molecule has 1 aliphatic carbocycles. The van der Waals surface area contributed by atoms with E-state index in [4.69, 9.17) is 0 Å². The molecule has 39 heavy (non-hydrogen) atoms. The minimum atomic E-state index is -0.281.